The Morgan fingerprint density at radius 1 is 1.16 bits per heavy atom. The van der Waals surface area contributed by atoms with Gasteiger partial charge in [0.25, 0.3) is 5.89 Å². The lowest BCUT2D eigenvalue weighted by Gasteiger charge is -2.29. The van der Waals surface area contributed by atoms with Gasteiger partial charge in [-0.15, -0.1) is 0 Å². The molecule has 0 atom stereocenters. The zero-order chi connectivity index (χ0) is 22.9. The average Bonchev–Trinajstić information content (AvgIpc) is 3.22. The van der Waals surface area contributed by atoms with Gasteiger partial charge in [-0.3, -0.25) is 10.1 Å². The highest BCUT2D eigenvalue weighted by molar-refractivity contribution is 5.60. The van der Waals surface area contributed by atoms with E-state index in [1.807, 2.05) is 4.90 Å². The number of pyridine rings is 1. The van der Waals surface area contributed by atoms with Crippen molar-refractivity contribution in [3.05, 3.63) is 69.2 Å². The van der Waals surface area contributed by atoms with Crippen LogP contribution in [0.5, 0.6) is 0 Å². The van der Waals surface area contributed by atoms with E-state index in [-0.39, 0.29) is 23.0 Å². The van der Waals surface area contributed by atoms with Crippen LogP contribution in [0.1, 0.15) is 29.9 Å². The molecule has 3 aromatic rings. The van der Waals surface area contributed by atoms with E-state index in [4.69, 9.17) is 4.52 Å². The zero-order valence-corrected chi connectivity index (χ0v) is 17.0. The molecule has 0 saturated carbocycles. The number of hydrogen-bond donors (Lipinski definition) is 0. The Morgan fingerprint density at radius 3 is 2.59 bits per heavy atom. The summed E-state index contributed by atoms with van der Waals surface area (Å²) in [6, 6.07) is 7.76. The summed E-state index contributed by atoms with van der Waals surface area (Å²) in [5, 5.41) is 15.2. The normalized spacial score (nSPS) is 14.5. The van der Waals surface area contributed by atoms with E-state index in [1.54, 1.807) is 19.1 Å². The van der Waals surface area contributed by atoms with E-state index in [2.05, 4.69) is 15.1 Å². The Labute approximate surface area is 180 Å². The van der Waals surface area contributed by atoms with Crippen molar-refractivity contribution >= 4 is 17.6 Å². The summed E-state index contributed by atoms with van der Waals surface area (Å²) >= 11 is 0. The molecule has 0 N–H and O–H groups in total. The highest BCUT2D eigenvalue weighted by atomic mass is 19.4. The first-order valence-electron chi connectivity index (χ1n) is 9.78. The highest BCUT2D eigenvalue weighted by Crippen LogP contribution is 2.32. The first-order valence-corrected chi connectivity index (χ1v) is 9.78. The van der Waals surface area contributed by atoms with Crippen molar-refractivity contribution in [2.45, 2.75) is 25.9 Å². The molecule has 0 unspecified atom stereocenters. The summed E-state index contributed by atoms with van der Waals surface area (Å²) in [5.41, 5.74) is 1.06. The van der Waals surface area contributed by atoms with Gasteiger partial charge in [-0.25, -0.2) is 4.98 Å². The fourth-order valence-electron chi connectivity index (χ4n) is 3.48. The van der Waals surface area contributed by atoms with E-state index in [0.717, 1.165) is 17.7 Å². The molecular weight excluding hydrogens is 427 g/mol. The quantitative estimate of drug-likeness (QED) is 0.409. The van der Waals surface area contributed by atoms with Gasteiger partial charge in [0, 0.05) is 30.4 Å². The summed E-state index contributed by atoms with van der Waals surface area (Å²) in [7, 11) is 0. The zero-order valence-electron chi connectivity index (χ0n) is 17.0. The molecule has 1 fully saturated rings. The number of alkyl halides is 3. The van der Waals surface area contributed by atoms with E-state index >= 15 is 0 Å². The standard InChI is InChI=1S/C21H18F3N5O3/c1-13-5-6-17(29(30)31)19(25-13)28-9-7-14(8-10-28)11-18-26-20(32-27-18)15-3-2-4-16(12-15)21(22,23)24/h2-6,11-12H,7-10H2,1H3. The predicted molar refractivity (Wildman–Crippen MR) is 110 cm³/mol. The fourth-order valence-corrected chi connectivity index (χ4v) is 3.48. The molecule has 166 valence electrons. The topological polar surface area (TPSA) is 98.2 Å². The number of piperidine rings is 1. The average molecular weight is 445 g/mol. The molecule has 0 radical (unpaired) electrons. The number of hydrogen-bond acceptors (Lipinski definition) is 7. The number of benzene rings is 1. The van der Waals surface area contributed by atoms with Crippen LogP contribution in [-0.4, -0.2) is 33.1 Å². The monoisotopic (exact) mass is 445 g/mol. The molecule has 0 amide bonds. The lowest BCUT2D eigenvalue weighted by atomic mass is 10.0. The fraction of sp³-hybridized carbons (Fsp3) is 0.286. The third-order valence-corrected chi connectivity index (χ3v) is 5.11. The maximum Gasteiger partial charge on any atom is 0.416 e. The summed E-state index contributed by atoms with van der Waals surface area (Å²) in [6.45, 7) is 2.84. The van der Waals surface area contributed by atoms with Crippen molar-refractivity contribution < 1.29 is 22.6 Å². The molecule has 0 aliphatic carbocycles. The molecule has 2 aromatic heterocycles. The van der Waals surface area contributed by atoms with Crippen LogP contribution in [0.15, 0.2) is 46.5 Å². The van der Waals surface area contributed by atoms with Gasteiger partial charge in [0.15, 0.2) is 5.82 Å². The highest BCUT2D eigenvalue weighted by Gasteiger charge is 2.31. The number of nitro groups is 1. The maximum atomic E-state index is 12.9. The summed E-state index contributed by atoms with van der Waals surface area (Å²) in [5.74, 6) is 0.612. The van der Waals surface area contributed by atoms with Crippen molar-refractivity contribution in [3.8, 4) is 11.5 Å². The van der Waals surface area contributed by atoms with Crippen LogP contribution in [0.4, 0.5) is 24.7 Å². The maximum absolute atomic E-state index is 12.9. The second-order valence-electron chi connectivity index (χ2n) is 7.38. The predicted octanol–water partition coefficient (Wildman–Crippen LogP) is 5.05. The minimum Gasteiger partial charge on any atom is -0.350 e. The van der Waals surface area contributed by atoms with Crippen molar-refractivity contribution in [2.75, 3.05) is 18.0 Å². The van der Waals surface area contributed by atoms with Gasteiger partial charge >= 0.3 is 11.9 Å². The molecular formula is C21H18F3N5O3. The third kappa shape index (κ3) is 4.61. The summed E-state index contributed by atoms with van der Waals surface area (Å²) in [4.78, 5) is 21.3. The number of nitrogens with zero attached hydrogens (tertiary/aromatic N) is 5. The van der Waals surface area contributed by atoms with Gasteiger partial charge in [0.05, 0.1) is 10.5 Å². The van der Waals surface area contributed by atoms with Crippen molar-refractivity contribution in [2.24, 2.45) is 0 Å². The van der Waals surface area contributed by atoms with Crippen LogP contribution in [0.25, 0.3) is 17.5 Å². The number of halogens is 3. The molecule has 0 bridgehead atoms. The molecule has 1 aliphatic rings. The van der Waals surface area contributed by atoms with Gasteiger partial charge in [0.1, 0.15) is 0 Å². The van der Waals surface area contributed by atoms with Gasteiger partial charge in [0.2, 0.25) is 5.82 Å². The lowest BCUT2D eigenvalue weighted by Crippen LogP contribution is -2.32. The molecule has 4 rings (SSSR count). The number of aromatic nitrogens is 3. The van der Waals surface area contributed by atoms with Crippen LogP contribution in [0.2, 0.25) is 0 Å². The molecule has 11 heteroatoms. The summed E-state index contributed by atoms with van der Waals surface area (Å²) in [6.07, 6.45) is -1.51. The Kier molecular flexibility index (Phi) is 5.64. The van der Waals surface area contributed by atoms with E-state index < -0.39 is 16.7 Å². The van der Waals surface area contributed by atoms with Gasteiger partial charge in [-0.05, 0) is 50.1 Å². The molecule has 1 aliphatic heterocycles. The largest absolute Gasteiger partial charge is 0.416 e. The smallest absolute Gasteiger partial charge is 0.350 e. The molecule has 1 aromatic carbocycles. The summed E-state index contributed by atoms with van der Waals surface area (Å²) < 4.78 is 43.9. The Morgan fingerprint density at radius 2 is 1.91 bits per heavy atom. The second kappa shape index (κ2) is 8.40. The molecule has 3 heterocycles. The molecule has 32 heavy (non-hydrogen) atoms. The Bertz CT molecular complexity index is 1180. The SMILES string of the molecule is Cc1ccc([N+](=O)[O-])c(N2CCC(=Cc3noc(-c4cccc(C(F)(F)F)c4)n3)CC2)n1. The van der Waals surface area contributed by atoms with Crippen molar-refractivity contribution in [3.63, 3.8) is 0 Å². The van der Waals surface area contributed by atoms with Crippen LogP contribution in [0, 0.1) is 17.0 Å². The lowest BCUT2D eigenvalue weighted by molar-refractivity contribution is -0.384. The first kappa shape index (κ1) is 21.5. The van der Waals surface area contributed by atoms with Gasteiger partial charge < -0.3 is 9.42 Å². The van der Waals surface area contributed by atoms with Gasteiger partial charge in [-0.1, -0.05) is 16.8 Å². The first-order chi connectivity index (χ1) is 15.2. The Balaban J connectivity index is 1.48. The Hall–Kier alpha value is -3.76. The van der Waals surface area contributed by atoms with Crippen molar-refractivity contribution in [1.82, 2.24) is 15.1 Å². The van der Waals surface area contributed by atoms with E-state index in [0.29, 0.717) is 37.4 Å². The van der Waals surface area contributed by atoms with Crippen LogP contribution in [-0.2, 0) is 6.18 Å². The minimum atomic E-state index is -4.46. The van der Waals surface area contributed by atoms with E-state index in [9.17, 15) is 23.3 Å². The third-order valence-electron chi connectivity index (χ3n) is 5.11. The molecule has 8 nitrogen and oxygen atoms in total. The van der Waals surface area contributed by atoms with Gasteiger partial charge in [-0.2, -0.15) is 18.2 Å². The molecule has 1 saturated heterocycles. The van der Waals surface area contributed by atoms with Crippen LogP contribution in [0.3, 0.4) is 0 Å². The number of rotatable bonds is 4. The van der Waals surface area contributed by atoms with E-state index in [1.165, 1.54) is 18.2 Å². The molecule has 0 spiro atoms. The number of anilines is 1. The van der Waals surface area contributed by atoms with Crippen molar-refractivity contribution in [1.29, 1.82) is 0 Å². The minimum absolute atomic E-state index is 0.0000264. The van der Waals surface area contributed by atoms with Crippen LogP contribution >= 0.6 is 0 Å². The number of aryl methyl sites for hydroxylation is 1. The second-order valence-corrected chi connectivity index (χ2v) is 7.38. The van der Waals surface area contributed by atoms with Crippen LogP contribution < -0.4 is 4.90 Å².